The fourth-order valence-corrected chi connectivity index (χ4v) is 4.68. The monoisotopic (exact) mass is 507 g/mol. The molecule has 34 heavy (non-hydrogen) atoms. The number of aliphatic imine (C=N–C) groups is 1. The van der Waals surface area contributed by atoms with Gasteiger partial charge in [0.1, 0.15) is 12.4 Å². The van der Waals surface area contributed by atoms with Crippen LogP contribution in [-0.4, -0.2) is 85.5 Å². The second-order valence-corrected chi connectivity index (χ2v) is 8.81. The number of aliphatic hydroxyl groups is 1. The number of urea groups is 1. The van der Waals surface area contributed by atoms with Crippen LogP contribution in [0.2, 0.25) is 10.0 Å². The molecule has 2 aromatic rings. The van der Waals surface area contributed by atoms with Crippen molar-refractivity contribution in [3.8, 4) is 0 Å². The second-order valence-electron chi connectivity index (χ2n) is 8.02. The zero-order valence-electron chi connectivity index (χ0n) is 18.5. The maximum atomic E-state index is 14.7. The number of hydrogen-bond acceptors (Lipinski definition) is 5. The largest absolute Gasteiger partial charge is 0.395 e. The Hall–Kier alpha value is -2.72. The molecule has 2 heterocycles. The van der Waals surface area contributed by atoms with Crippen molar-refractivity contribution in [1.29, 1.82) is 0 Å². The number of fused-ring (bicyclic) bond motifs is 1. The van der Waals surface area contributed by atoms with Gasteiger partial charge in [-0.1, -0.05) is 35.3 Å². The van der Waals surface area contributed by atoms with Crippen molar-refractivity contribution in [1.82, 2.24) is 9.80 Å². The number of nitrogens with one attached hydrogen (secondary N) is 1. The molecule has 2 aromatic carbocycles. The molecule has 2 aliphatic heterocycles. The van der Waals surface area contributed by atoms with E-state index in [2.05, 4.69) is 15.2 Å². The van der Waals surface area contributed by atoms with E-state index in [0.29, 0.717) is 44.0 Å². The topological polar surface area (TPSA) is 88.5 Å². The molecule has 0 radical (unpaired) electrons. The molecule has 0 bridgehead atoms. The molecule has 8 nitrogen and oxygen atoms in total. The summed E-state index contributed by atoms with van der Waals surface area (Å²) in [5.41, 5.74) is 1.24. The Bertz CT molecular complexity index is 1150. The van der Waals surface area contributed by atoms with Gasteiger partial charge in [-0.25, -0.2) is 9.18 Å². The van der Waals surface area contributed by atoms with Crippen LogP contribution >= 0.6 is 23.2 Å². The first kappa shape index (κ1) is 24.4. The number of piperazine rings is 1. The van der Waals surface area contributed by atoms with Gasteiger partial charge >= 0.3 is 6.03 Å². The predicted octanol–water partition coefficient (Wildman–Crippen LogP) is 3.09. The Morgan fingerprint density at radius 3 is 2.59 bits per heavy atom. The molecule has 0 atom stereocenters. The fraction of sp³-hybridized carbons (Fsp3) is 0.348. The van der Waals surface area contributed by atoms with Crippen molar-refractivity contribution in [3.63, 3.8) is 0 Å². The summed E-state index contributed by atoms with van der Waals surface area (Å²) in [5.74, 6) is -0.821. The molecule has 0 unspecified atom stereocenters. The standard InChI is InChI=1S/C23H24Cl2FN5O3/c1-29-17-12-15(24)22(28-23(34)31-8-6-30(7-9-31)10-11-32)20(25)19(17)21(27-13-18(29)33)14-4-2-3-5-16(14)26/h2-5,12,32H,6-11,13H2,1H3,(H,28,34). The van der Waals surface area contributed by atoms with Crippen molar-refractivity contribution in [3.05, 3.63) is 57.3 Å². The van der Waals surface area contributed by atoms with Crippen molar-refractivity contribution in [2.75, 3.05) is 63.1 Å². The van der Waals surface area contributed by atoms with Crippen LogP contribution in [0.15, 0.2) is 35.3 Å². The van der Waals surface area contributed by atoms with E-state index in [-0.39, 0.29) is 52.1 Å². The Labute approximate surface area is 206 Å². The molecule has 0 aliphatic carbocycles. The van der Waals surface area contributed by atoms with Gasteiger partial charge in [0.05, 0.1) is 33.7 Å². The fourth-order valence-electron chi connectivity index (χ4n) is 4.05. The van der Waals surface area contributed by atoms with Gasteiger partial charge in [0.2, 0.25) is 5.91 Å². The van der Waals surface area contributed by atoms with Crippen LogP contribution in [0.5, 0.6) is 0 Å². The summed E-state index contributed by atoms with van der Waals surface area (Å²) in [7, 11) is 1.57. The number of nitrogens with zero attached hydrogens (tertiary/aromatic N) is 4. The summed E-state index contributed by atoms with van der Waals surface area (Å²) in [6.07, 6.45) is 0. The molecule has 1 saturated heterocycles. The van der Waals surface area contributed by atoms with E-state index in [0.717, 1.165) is 0 Å². The average Bonchev–Trinajstić information content (AvgIpc) is 2.94. The molecule has 3 amide bonds. The quantitative estimate of drug-likeness (QED) is 0.665. The van der Waals surface area contributed by atoms with Crippen molar-refractivity contribution >= 4 is 52.2 Å². The lowest BCUT2D eigenvalue weighted by molar-refractivity contribution is -0.116. The number of benzene rings is 2. The van der Waals surface area contributed by atoms with Crippen molar-refractivity contribution in [2.24, 2.45) is 4.99 Å². The normalized spacial score (nSPS) is 16.7. The number of rotatable bonds is 4. The second kappa shape index (κ2) is 10.3. The summed E-state index contributed by atoms with van der Waals surface area (Å²) < 4.78 is 14.7. The zero-order chi connectivity index (χ0) is 24.4. The lowest BCUT2D eigenvalue weighted by Gasteiger charge is -2.34. The smallest absolute Gasteiger partial charge is 0.322 e. The van der Waals surface area contributed by atoms with E-state index in [1.54, 1.807) is 30.1 Å². The number of hydrogen-bond donors (Lipinski definition) is 2. The molecule has 4 rings (SSSR count). The van der Waals surface area contributed by atoms with E-state index in [4.69, 9.17) is 28.3 Å². The van der Waals surface area contributed by atoms with E-state index in [9.17, 15) is 14.0 Å². The van der Waals surface area contributed by atoms with Crippen LogP contribution < -0.4 is 10.2 Å². The van der Waals surface area contributed by atoms with Gasteiger partial charge < -0.3 is 20.2 Å². The summed E-state index contributed by atoms with van der Waals surface area (Å²) in [6.45, 7) is 2.66. The molecule has 0 aromatic heterocycles. The van der Waals surface area contributed by atoms with Gasteiger partial charge in [-0.2, -0.15) is 0 Å². The molecule has 11 heteroatoms. The summed E-state index contributed by atoms with van der Waals surface area (Å²) in [4.78, 5) is 34.9. The molecular weight excluding hydrogens is 484 g/mol. The van der Waals surface area contributed by atoms with E-state index < -0.39 is 5.82 Å². The first-order valence-electron chi connectivity index (χ1n) is 10.8. The van der Waals surface area contributed by atoms with Gasteiger partial charge in [0.15, 0.2) is 0 Å². The number of amides is 3. The Morgan fingerprint density at radius 2 is 1.91 bits per heavy atom. The number of halogens is 3. The number of benzodiazepines with no additional fused rings is 1. The number of aliphatic hydroxyl groups excluding tert-OH is 1. The third-order valence-electron chi connectivity index (χ3n) is 5.98. The average molecular weight is 508 g/mol. The highest BCUT2D eigenvalue weighted by Gasteiger charge is 2.30. The van der Waals surface area contributed by atoms with Crippen LogP contribution in [0.1, 0.15) is 11.1 Å². The maximum Gasteiger partial charge on any atom is 0.322 e. The minimum atomic E-state index is -0.512. The molecular formula is C23H24Cl2FN5O3. The van der Waals surface area contributed by atoms with E-state index >= 15 is 0 Å². The number of carbonyl (C=O) groups is 2. The van der Waals surface area contributed by atoms with E-state index in [1.165, 1.54) is 17.0 Å². The molecule has 180 valence electrons. The number of likely N-dealkylation sites (N-methyl/N-ethyl adjacent to an activating group) is 1. The minimum absolute atomic E-state index is 0.0649. The maximum absolute atomic E-state index is 14.7. The number of β-amino-alcohol motifs (C(OH)–C–C–N with tert-alkyl or cyclic N) is 1. The minimum Gasteiger partial charge on any atom is -0.395 e. The van der Waals surface area contributed by atoms with Gasteiger partial charge in [-0.15, -0.1) is 0 Å². The predicted molar refractivity (Wildman–Crippen MR) is 131 cm³/mol. The number of carbonyl (C=O) groups excluding carboxylic acids is 2. The SMILES string of the molecule is CN1C(=O)CN=C(c2ccccc2F)c2c1cc(Cl)c(NC(=O)N1CCN(CCO)CC1)c2Cl. The highest BCUT2D eigenvalue weighted by atomic mass is 35.5. The molecule has 0 saturated carbocycles. The van der Waals surface area contributed by atoms with Gasteiger partial charge in [-0.3, -0.25) is 14.7 Å². The van der Waals surface area contributed by atoms with Crippen LogP contribution in [0.4, 0.5) is 20.6 Å². The third kappa shape index (κ3) is 4.74. The molecule has 2 N–H and O–H groups in total. The third-order valence-corrected chi connectivity index (χ3v) is 6.65. The lowest BCUT2D eigenvalue weighted by atomic mass is 9.98. The zero-order valence-corrected chi connectivity index (χ0v) is 20.0. The van der Waals surface area contributed by atoms with Crippen LogP contribution in [0.25, 0.3) is 0 Å². The molecule has 2 aliphatic rings. The van der Waals surface area contributed by atoms with Crippen LogP contribution in [0.3, 0.4) is 0 Å². The summed E-state index contributed by atoms with van der Waals surface area (Å²) in [6, 6.07) is 7.23. The van der Waals surface area contributed by atoms with Gasteiger partial charge in [0.25, 0.3) is 0 Å². The first-order chi connectivity index (χ1) is 16.3. The highest BCUT2D eigenvalue weighted by Crippen LogP contribution is 2.42. The molecule has 1 fully saturated rings. The Morgan fingerprint density at radius 1 is 1.21 bits per heavy atom. The number of anilines is 2. The van der Waals surface area contributed by atoms with Crippen molar-refractivity contribution < 1.29 is 19.1 Å². The summed E-state index contributed by atoms with van der Waals surface area (Å²) in [5, 5.41) is 12.1. The van der Waals surface area contributed by atoms with Gasteiger partial charge in [0, 0.05) is 50.9 Å². The highest BCUT2D eigenvalue weighted by molar-refractivity contribution is 6.44. The Balaban J connectivity index is 1.71. The Kier molecular flexibility index (Phi) is 7.37. The van der Waals surface area contributed by atoms with Crippen LogP contribution in [-0.2, 0) is 4.79 Å². The molecule has 0 spiro atoms. The first-order valence-corrected chi connectivity index (χ1v) is 11.5. The summed E-state index contributed by atoms with van der Waals surface area (Å²) >= 11 is 13.3. The van der Waals surface area contributed by atoms with Crippen molar-refractivity contribution in [2.45, 2.75) is 0 Å². The lowest BCUT2D eigenvalue weighted by Crippen LogP contribution is -2.50. The van der Waals surface area contributed by atoms with E-state index in [1.807, 2.05) is 0 Å². The van der Waals surface area contributed by atoms with Gasteiger partial charge in [-0.05, 0) is 18.2 Å². The van der Waals surface area contributed by atoms with Crippen LogP contribution in [0, 0.1) is 5.82 Å².